The predicted molar refractivity (Wildman–Crippen MR) is 138 cm³/mol. The van der Waals surface area contributed by atoms with Gasteiger partial charge in [-0.2, -0.15) is 0 Å². The fourth-order valence-corrected chi connectivity index (χ4v) is 5.30. The van der Waals surface area contributed by atoms with Crippen LogP contribution in [0.4, 0.5) is 0 Å². The lowest BCUT2D eigenvalue weighted by atomic mass is 9.76. The van der Waals surface area contributed by atoms with Gasteiger partial charge in [0, 0.05) is 16.1 Å². The van der Waals surface area contributed by atoms with Crippen molar-refractivity contribution < 1.29 is 20.1 Å². The maximum absolute atomic E-state index is 10.5. The van der Waals surface area contributed by atoms with Gasteiger partial charge in [0.15, 0.2) is 0 Å². The molecule has 0 saturated heterocycles. The zero-order valence-electron chi connectivity index (χ0n) is 21.1. The van der Waals surface area contributed by atoms with Crippen LogP contribution in [0.1, 0.15) is 76.6 Å². The fraction of sp³-hybridized carbons (Fsp3) is 0.571. The van der Waals surface area contributed by atoms with Crippen molar-refractivity contribution in [3.05, 3.63) is 58.7 Å². The van der Waals surface area contributed by atoms with Crippen LogP contribution in [-0.2, 0) is 25.0 Å². The SMILES string of the molecule is CCc1cc(C(CC)(CC)COc2ccc(CO)c(CO)c2)ccc1SCC(O)C(C)(C)C. The molecule has 184 valence electrons. The first-order valence-corrected chi connectivity index (χ1v) is 13.0. The monoisotopic (exact) mass is 474 g/mol. The van der Waals surface area contributed by atoms with Gasteiger partial charge in [-0.05, 0) is 65.1 Å². The third kappa shape index (κ3) is 6.98. The van der Waals surface area contributed by atoms with Crippen LogP contribution < -0.4 is 4.74 Å². The van der Waals surface area contributed by atoms with Crippen molar-refractivity contribution in [1.29, 1.82) is 0 Å². The number of hydrogen-bond acceptors (Lipinski definition) is 5. The first kappa shape index (κ1) is 27.7. The Bertz CT molecular complexity index is 884. The molecule has 0 aliphatic heterocycles. The van der Waals surface area contributed by atoms with Gasteiger partial charge in [0.2, 0.25) is 0 Å². The number of aliphatic hydroxyl groups is 3. The summed E-state index contributed by atoms with van der Waals surface area (Å²) >= 11 is 1.73. The molecule has 2 aromatic carbocycles. The van der Waals surface area contributed by atoms with Gasteiger partial charge in [0.1, 0.15) is 5.75 Å². The van der Waals surface area contributed by atoms with E-state index in [4.69, 9.17) is 4.74 Å². The Kier molecular flexibility index (Phi) is 10.3. The Morgan fingerprint density at radius 2 is 1.55 bits per heavy atom. The van der Waals surface area contributed by atoms with Gasteiger partial charge in [0.25, 0.3) is 0 Å². The van der Waals surface area contributed by atoms with E-state index in [2.05, 4.69) is 59.7 Å². The second kappa shape index (κ2) is 12.3. The molecule has 33 heavy (non-hydrogen) atoms. The molecule has 0 bridgehead atoms. The fourth-order valence-electron chi connectivity index (χ4n) is 3.91. The molecule has 1 unspecified atom stereocenters. The van der Waals surface area contributed by atoms with E-state index in [1.165, 1.54) is 16.0 Å². The zero-order valence-corrected chi connectivity index (χ0v) is 22.0. The number of benzene rings is 2. The minimum absolute atomic E-state index is 0.0963. The molecule has 1 atom stereocenters. The van der Waals surface area contributed by atoms with Gasteiger partial charge in [-0.15, -0.1) is 11.8 Å². The van der Waals surface area contributed by atoms with Gasteiger partial charge in [-0.1, -0.05) is 59.7 Å². The molecule has 0 spiro atoms. The first-order valence-electron chi connectivity index (χ1n) is 12.0. The lowest BCUT2D eigenvalue weighted by Gasteiger charge is -2.33. The predicted octanol–water partition coefficient (Wildman–Crippen LogP) is 5.87. The average molecular weight is 475 g/mol. The summed E-state index contributed by atoms with van der Waals surface area (Å²) in [6.45, 7) is 13.1. The lowest BCUT2D eigenvalue weighted by molar-refractivity contribution is 0.0843. The Labute approximate surface area is 204 Å². The molecule has 4 nitrogen and oxygen atoms in total. The summed E-state index contributed by atoms with van der Waals surface area (Å²) in [5, 5.41) is 29.5. The van der Waals surface area contributed by atoms with Crippen LogP contribution >= 0.6 is 11.8 Å². The van der Waals surface area contributed by atoms with Gasteiger partial charge in [-0.25, -0.2) is 0 Å². The van der Waals surface area contributed by atoms with E-state index >= 15 is 0 Å². The van der Waals surface area contributed by atoms with Crippen molar-refractivity contribution in [2.75, 3.05) is 12.4 Å². The van der Waals surface area contributed by atoms with E-state index in [0.29, 0.717) is 23.7 Å². The molecule has 0 aromatic heterocycles. The smallest absolute Gasteiger partial charge is 0.119 e. The highest BCUT2D eigenvalue weighted by molar-refractivity contribution is 7.99. The summed E-state index contributed by atoms with van der Waals surface area (Å²) in [5.74, 6) is 1.39. The zero-order chi connectivity index (χ0) is 24.6. The van der Waals surface area contributed by atoms with Crippen molar-refractivity contribution in [3.8, 4) is 5.75 Å². The molecule has 0 fully saturated rings. The minimum atomic E-state index is -0.355. The highest BCUT2D eigenvalue weighted by Gasteiger charge is 2.30. The van der Waals surface area contributed by atoms with E-state index in [-0.39, 0.29) is 30.1 Å². The van der Waals surface area contributed by atoms with E-state index < -0.39 is 0 Å². The van der Waals surface area contributed by atoms with E-state index in [1.807, 2.05) is 18.2 Å². The quantitative estimate of drug-likeness (QED) is 0.336. The summed E-state index contributed by atoms with van der Waals surface area (Å²) in [5.41, 5.74) is 3.76. The summed E-state index contributed by atoms with van der Waals surface area (Å²) in [7, 11) is 0. The van der Waals surface area contributed by atoms with E-state index in [1.54, 1.807) is 11.8 Å². The molecule has 0 heterocycles. The van der Waals surface area contributed by atoms with Crippen LogP contribution in [0.5, 0.6) is 5.75 Å². The number of aliphatic hydroxyl groups excluding tert-OH is 3. The number of aryl methyl sites for hydroxylation is 1. The van der Waals surface area contributed by atoms with Gasteiger partial charge >= 0.3 is 0 Å². The van der Waals surface area contributed by atoms with E-state index in [9.17, 15) is 15.3 Å². The van der Waals surface area contributed by atoms with E-state index in [0.717, 1.165) is 24.8 Å². The summed E-state index contributed by atoms with van der Waals surface area (Å²) in [6, 6.07) is 12.2. The minimum Gasteiger partial charge on any atom is -0.493 e. The Balaban J connectivity index is 2.24. The number of rotatable bonds is 12. The Morgan fingerprint density at radius 3 is 2.09 bits per heavy atom. The van der Waals surface area contributed by atoms with Crippen LogP contribution in [0.2, 0.25) is 0 Å². The second-order valence-electron chi connectivity index (χ2n) is 9.89. The molecule has 0 amide bonds. The van der Waals surface area contributed by atoms with Gasteiger partial charge in [0.05, 0.1) is 25.9 Å². The Hall–Kier alpha value is -1.53. The standard InChI is InChI=1S/C28H42O4S/c1-7-20-14-23(11-13-25(20)33-18-26(31)27(4,5)6)28(8-2,9-3)19-32-24-12-10-21(16-29)22(15-24)17-30/h10-15,26,29-31H,7-9,16-19H2,1-6H3. The third-order valence-corrected chi connectivity index (χ3v) is 8.03. The first-order chi connectivity index (χ1) is 15.6. The molecule has 0 aliphatic rings. The summed E-state index contributed by atoms with van der Waals surface area (Å²) < 4.78 is 6.24. The van der Waals surface area contributed by atoms with Crippen molar-refractivity contribution in [1.82, 2.24) is 0 Å². The highest BCUT2D eigenvalue weighted by Crippen LogP contribution is 2.37. The van der Waals surface area contributed by atoms with Crippen LogP contribution in [0, 0.1) is 5.41 Å². The number of ether oxygens (including phenoxy) is 1. The maximum atomic E-state index is 10.5. The topological polar surface area (TPSA) is 69.9 Å². The van der Waals surface area contributed by atoms with Crippen molar-refractivity contribution >= 4 is 11.8 Å². The molecule has 0 saturated carbocycles. The lowest BCUT2D eigenvalue weighted by Crippen LogP contribution is -2.32. The molecule has 2 aromatic rings. The molecular weight excluding hydrogens is 432 g/mol. The molecule has 3 N–H and O–H groups in total. The van der Waals surface area contributed by atoms with Crippen molar-refractivity contribution in [2.45, 2.75) is 90.4 Å². The van der Waals surface area contributed by atoms with Crippen LogP contribution in [0.15, 0.2) is 41.3 Å². The molecule has 0 radical (unpaired) electrons. The van der Waals surface area contributed by atoms with Crippen molar-refractivity contribution in [2.24, 2.45) is 5.41 Å². The number of thioether (sulfide) groups is 1. The van der Waals surface area contributed by atoms with Crippen molar-refractivity contribution in [3.63, 3.8) is 0 Å². The van der Waals surface area contributed by atoms with Crippen LogP contribution in [-0.4, -0.2) is 33.8 Å². The second-order valence-corrected chi connectivity index (χ2v) is 11.0. The summed E-state index contributed by atoms with van der Waals surface area (Å²) in [4.78, 5) is 1.23. The van der Waals surface area contributed by atoms with Crippen LogP contribution in [0.25, 0.3) is 0 Å². The van der Waals surface area contributed by atoms with Gasteiger partial charge in [-0.3, -0.25) is 0 Å². The molecular formula is C28H42O4S. The summed E-state index contributed by atoms with van der Waals surface area (Å²) in [6.07, 6.45) is 2.48. The maximum Gasteiger partial charge on any atom is 0.119 e. The average Bonchev–Trinajstić information content (AvgIpc) is 2.82. The molecule has 2 rings (SSSR count). The third-order valence-electron chi connectivity index (χ3n) is 6.84. The Morgan fingerprint density at radius 1 is 0.879 bits per heavy atom. The number of hydrogen-bond donors (Lipinski definition) is 3. The van der Waals surface area contributed by atoms with Gasteiger partial charge < -0.3 is 20.1 Å². The normalized spacial score (nSPS) is 13.2. The largest absolute Gasteiger partial charge is 0.493 e. The highest BCUT2D eigenvalue weighted by atomic mass is 32.2. The molecule has 0 aliphatic carbocycles. The van der Waals surface area contributed by atoms with Crippen LogP contribution in [0.3, 0.4) is 0 Å². The molecule has 5 heteroatoms.